The topological polar surface area (TPSA) is 75.6 Å². The Labute approximate surface area is 165 Å². The van der Waals surface area contributed by atoms with E-state index >= 15 is 0 Å². The Balaban J connectivity index is 2.06. The van der Waals surface area contributed by atoms with E-state index in [4.69, 9.17) is 4.74 Å². The molecule has 0 fully saturated rings. The molecule has 0 radical (unpaired) electrons. The number of carboxylic acid groups (broad SMARTS) is 1. The summed E-state index contributed by atoms with van der Waals surface area (Å²) in [7, 11) is 0. The van der Waals surface area contributed by atoms with Gasteiger partial charge in [-0.25, -0.2) is 4.79 Å². The highest BCUT2D eigenvalue weighted by atomic mass is 32.1. The molecule has 0 saturated heterocycles. The quantitative estimate of drug-likeness (QED) is 0.570. The number of aliphatic carboxylic acids is 1. The van der Waals surface area contributed by atoms with Gasteiger partial charge in [0.05, 0.1) is 5.25 Å². The van der Waals surface area contributed by atoms with Crippen LogP contribution in [0.2, 0.25) is 0 Å². The van der Waals surface area contributed by atoms with Crippen LogP contribution in [0.1, 0.15) is 25.8 Å². The summed E-state index contributed by atoms with van der Waals surface area (Å²) in [6.07, 6.45) is 0.951. The first kappa shape index (κ1) is 20.8. The summed E-state index contributed by atoms with van der Waals surface area (Å²) in [6.45, 7) is 3.88. The molecular weight excluding hydrogens is 362 g/mol. The fourth-order valence-electron chi connectivity index (χ4n) is 2.54. The van der Waals surface area contributed by atoms with Gasteiger partial charge in [-0.1, -0.05) is 50.6 Å². The molecule has 0 heterocycles. The van der Waals surface area contributed by atoms with Crippen LogP contribution in [-0.4, -0.2) is 28.3 Å². The van der Waals surface area contributed by atoms with E-state index in [1.54, 1.807) is 18.2 Å². The van der Waals surface area contributed by atoms with Gasteiger partial charge in [-0.05, 0) is 35.7 Å². The molecule has 1 amide bonds. The van der Waals surface area contributed by atoms with Gasteiger partial charge in [0.1, 0.15) is 17.5 Å². The Kier molecular flexibility index (Phi) is 7.73. The fourth-order valence-corrected chi connectivity index (χ4v) is 2.82. The van der Waals surface area contributed by atoms with Crippen molar-refractivity contribution in [3.8, 4) is 11.5 Å². The van der Waals surface area contributed by atoms with Crippen molar-refractivity contribution >= 4 is 24.5 Å². The lowest BCUT2D eigenvalue weighted by Crippen LogP contribution is -2.46. The molecule has 5 nitrogen and oxygen atoms in total. The Morgan fingerprint density at radius 2 is 1.78 bits per heavy atom. The smallest absolute Gasteiger partial charge is 0.326 e. The maximum Gasteiger partial charge on any atom is 0.326 e. The number of para-hydroxylation sites is 1. The Morgan fingerprint density at radius 1 is 1.11 bits per heavy atom. The molecule has 144 valence electrons. The van der Waals surface area contributed by atoms with Crippen molar-refractivity contribution < 1.29 is 19.4 Å². The molecule has 0 aliphatic heterocycles. The second-order valence-corrected chi connectivity index (χ2v) is 7.05. The van der Waals surface area contributed by atoms with Gasteiger partial charge < -0.3 is 15.2 Å². The van der Waals surface area contributed by atoms with Crippen LogP contribution in [0.15, 0.2) is 54.6 Å². The molecule has 0 aliphatic rings. The van der Waals surface area contributed by atoms with Crippen LogP contribution in [0.25, 0.3) is 0 Å². The van der Waals surface area contributed by atoms with E-state index in [0.717, 1.165) is 12.0 Å². The predicted octanol–water partition coefficient (Wildman–Crippen LogP) is 3.94. The second-order valence-electron chi connectivity index (χ2n) is 6.50. The van der Waals surface area contributed by atoms with Crippen molar-refractivity contribution in [2.24, 2.45) is 5.92 Å². The lowest BCUT2D eigenvalue weighted by Gasteiger charge is -2.21. The van der Waals surface area contributed by atoms with Gasteiger partial charge in [-0.2, -0.15) is 12.6 Å². The minimum Gasteiger partial charge on any atom is -0.480 e. The molecule has 3 atom stereocenters. The molecule has 2 aromatic carbocycles. The van der Waals surface area contributed by atoms with Crippen molar-refractivity contribution in [2.75, 3.05) is 0 Å². The number of nitrogens with one attached hydrogen (secondary N) is 1. The van der Waals surface area contributed by atoms with Gasteiger partial charge in [0.15, 0.2) is 0 Å². The number of carbonyl (C=O) groups excluding carboxylic acids is 1. The van der Waals surface area contributed by atoms with Gasteiger partial charge in [0.25, 0.3) is 0 Å². The Morgan fingerprint density at radius 3 is 2.41 bits per heavy atom. The van der Waals surface area contributed by atoms with E-state index in [0.29, 0.717) is 11.5 Å². The van der Waals surface area contributed by atoms with E-state index in [9.17, 15) is 14.7 Å². The summed E-state index contributed by atoms with van der Waals surface area (Å²) in [5.41, 5.74) is 0.760. The summed E-state index contributed by atoms with van der Waals surface area (Å²) < 4.78 is 5.78. The van der Waals surface area contributed by atoms with Crippen LogP contribution in [0.3, 0.4) is 0 Å². The third kappa shape index (κ3) is 6.32. The number of benzene rings is 2. The molecule has 2 N–H and O–H groups in total. The highest BCUT2D eigenvalue weighted by molar-refractivity contribution is 7.81. The number of carboxylic acids is 1. The van der Waals surface area contributed by atoms with Crippen LogP contribution in [-0.2, 0) is 16.0 Å². The number of carbonyl (C=O) groups is 2. The van der Waals surface area contributed by atoms with Crippen LogP contribution < -0.4 is 10.1 Å². The molecule has 2 rings (SSSR count). The number of hydrogen-bond donors (Lipinski definition) is 3. The van der Waals surface area contributed by atoms with E-state index in [-0.39, 0.29) is 18.2 Å². The van der Waals surface area contributed by atoms with E-state index < -0.39 is 17.3 Å². The first-order valence-electron chi connectivity index (χ1n) is 8.93. The van der Waals surface area contributed by atoms with Gasteiger partial charge in [-0.3, -0.25) is 4.79 Å². The molecule has 6 heteroatoms. The zero-order valence-electron chi connectivity index (χ0n) is 15.5. The molecule has 0 spiro atoms. The molecule has 27 heavy (non-hydrogen) atoms. The minimum atomic E-state index is -1.08. The fraction of sp³-hybridized carbons (Fsp3) is 0.333. The van der Waals surface area contributed by atoms with Crippen LogP contribution in [0.5, 0.6) is 11.5 Å². The molecule has 0 aromatic heterocycles. The highest BCUT2D eigenvalue weighted by Crippen LogP contribution is 2.22. The SMILES string of the molecule is CC[C@@H](C)[C@H](S)C(=O)N[C@@H](Cc1cccc(Oc2ccccc2)c1)C(=O)O. The number of thiol groups is 1. The molecule has 0 saturated carbocycles. The lowest BCUT2D eigenvalue weighted by molar-refractivity contribution is -0.141. The van der Waals surface area contributed by atoms with E-state index in [1.165, 1.54) is 0 Å². The summed E-state index contributed by atoms with van der Waals surface area (Å²) in [4.78, 5) is 23.9. The molecule has 2 aromatic rings. The summed E-state index contributed by atoms with van der Waals surface area (Å²) in [6, 6.07) is 15.5. The van der Waals surface area contributed by atoms with Crippen molar-refractivity contribution in [1.82, 2.24) is 5.32 Å². The Hall–Kier alpha value is -2.47. The summed E-state index contributed by atoms with van der Waals surface area (Å²) in [5, 5.41) is 11.6. The highest BCUT2D eigenvalue weighted by Gasteiger charge is 2.26. The molecule has 0 bridgehead atoms. The van der Waals surface area contributed by atoms with Gasteiger partial charge in [0, 0.05) is 6.42 Å². The maximum absolute atomic E-state index is 12.3. The Bertz CT molecular complexity index is 766. The van der Waals surface area contributed by atoms with Crippen LogP contribution >= 0.6 is 12.6 Å². The maximum atomic E-state index is 12.3. The van der Waals surface area contributed by atoms with Crippen LogP contribution in [0.4, 0.5) is 0 Å². The molecular formula is C21H25NO4S. The number of amides is 1. The average molecular weight is 388 g/mol. The number of ether oxygens (including phenoxy) is 1. The predicted molar refractivity (Wildman–Crippen MR) is 108 cm³/mol. The summed E-state index contributed by atoms with van der Waals surface area (Å²) in [5.74, 6) is -0.0744. The van der Waals surface area contributed by atoms with Crippen molar-refractivity contribution in [1.29, 1.82) is 0 Å². The number of hydrogen-bond acceptors (Lipinski definition) is 4. The minimum absolute atomic E-state index is 0.0605. The van der Waals surface area contributed by atoms with Gasteiger partial charge >= 0.3 is 5.97 Å². The normalized spacial score (nSPS) is 14.0. The van der Waals surface area contributed by atoms with Crippen molar-refractivity contribution in [2.45, 2.75) is 38.0 Å². The molecule has 0 unspecified atom stereocenters. The lowest BCUT2D eigenvalue weighted by atomic mass is 10.0. The van der Waals surface area contributed by atoms with Crippen molar-refractivity contribution in [3.63, 3.8) is 0 Å². The van der Waals surface area contributed by atoms with Gasteiger partial charge in [-0.15, -0.1) is 0 Å². The largest absolute Gasteiger partial charge is 0.480 e. The van der Waals surface area contributed by atoms with E-state index in [1.807, 2.05) is 50.2 Å². The third-order valence-electron chi connectivity index (χ3n) is 4.38. The zero-order valence-corrected chi connectivity index (χ0v) is 16.4. The van der Waals surface area contributed by atoms with E-state index in [2.05, 4.69) is 17.9 Å². The molecule has 0 aliphatic carbocycles. The zero-order chi connectivity index (χ0) is 19.8. The summed E-state index contributed by atoms with van der Waals surface area (Å²) >= 11 is 4.32. The first-order valence-corrected chi connectivity index (χ1v) is 9.45. The monoisotopic (exact) mass is 387 g/mol. The standard InChI is InChI=1S/C21H25NO4S/c1-3-14(2)19(27)20(23)22-18(21(24)25)13-15-8-7-11-17(12-15)26-16-9-5-4-6-10-16/h4-12,14,18-19,27H,3,13H2,1-2H3,(H,22,23)(H,24,25)/t14-,18+,19+/m1/s1. The van der Waals surface area contributed by atoms with Crippen molar-refractivity contribution in [3.05, 3.63) is 60.2 Å². The first-order chi connectivity index (χ1) is 12.9. The number of rotatable bonds is 9. The third-order valence-corrected chi connectivity index (χ3v) is 5.13. The second kappa shape index (κ2) is 10.0. The van der Waals surface area contributed by atoms with Crippen LogP contribution in [0, 0.1) is 5.92 Å². The average Bonchev–Trinajstić information content (AvgIpc) is 2.67. The van der Waals surface area contributed by atoms with Gasteiger partial charge in [0.2, 0.25) is 5.91 Å².